The lowest BCUT2D eigenvalue weighted by Crippen LogP contribution is -2.09. The molecule has 0 spiro atoms. The molecule has 0 aromatic carbocycles. The molecule has 2 N–H and O–H groups in total. The third-order valence-electron chi connectivity index (χ3n) is 2.92. The van der Waals surface area contributed by atoms with Crippen molar-refractivity contribution in [2.75, 3.05) is 13.2 Å². The van der Waals surface area contributed by atoms with Gasteiger partial charge in [0, 0.05) is 5.56 Å². The third-order valence-corrected chi connectivity index (χ3v) is 2.92. The van der Waals surface area contributed by atoms with Gasteiger partial charge in [-0.15, -0.1) is 0 Å². The molecule has 1 aliphatic carbocycles. The van der Waals surface area contributed by atoms with E-state index in [1.54, 1.807) is 6.33 Å². The van der Waals surface area contributed by atoms with Gasteiger partial charge in [-0.25, -0.2) is 9.97 Å². The summed E-state index contributed by atoms with van der Waals surface area (Å²) in [4.78, 5) is 8.58. The van der Waals surface area contributed by atoms with Gasteiger partial charge in [-0.1, -0.05) is 6.42 Å². The lowest BCUT2D eigenvalue weighted by molar-refractivity contribution is 0.297. The van der Waals surface area contributed by atoms with Crippen molar-refractivity contribution in [1.82, 2.24) is 9.97 Å². The van der Waals surface area contributed by atoms with E-state index in [4.69, 9.17) is 10.5 Å². The summed E-state index contributed by atoms with van der Waals surface area (Å²) in [7, 11) is 0. The number of nitrogens with zero attached hydrogens (tertiary/aromatic N) is 2. The summed E-state index contributed by atoms with van der Waals surface area (Å²) in [5.74, 6) is 0.778. The van der Waals surface area contributed by atoms with E-state index in [0.29, 0.717) is 13.2 Å². The minimum absolute atomic E-state index is 0.653. The molecule has 1 aromatic rings. The summed E-state index contributed by atoms with van der Waals surface area (Å²) < 4.78 is 5.67. The molecule has 88 valence electrons. The van der Waals surface area contributed by atoms with Crippen molar-refractivity contribution < 1.29 is 4.74 Å². The van der Waals surface area contributed by atoms with E-state index < -0.39 is 0 Å². The largest absolute Gasteiger partial charge is 0.477 e. The smallest absolute Gasteiger partial charge is 0.219 e. The Morgan fingerprint density at radius 3 is 2.94 bits per heavy atom. The summed E-state index contributed by atoms with van der Waals surface area (Å²) in [6, 6.07) is 0. The lowest BCUT2D eigenvalue weighted by Gasteiger charge is -2.10. The molecule has 0 saturated heterocycles. The average Bonchev–Trinajstić information content (AvgIpc) is 2.55. The van der Waals surface area contributed by atoms with Crippen LogP contribution in [0.4, 0.5) is 0 Å². The van der Waals surface area contributed by atoms with Crippen LogP contribution in [0, 0.1) is 0 Å². The fourth-order valence-corrected chi connectivity index (χ4v) is 2.04. The first-order valence-corrected chi connectivity index (χ1v) is 6.07. The fraction of sp³-hybridized carbons (Fsp3) is 0.667. The van der Waals surface area contributed by atoms with Gasteiger partial charge in [0.15, 0.2) is 0 Å². The van der Waals surface area contributed by atoms with Gasteiger partial charge in [0.05, 0.1) is 12.3 Å². The molecular formula is C12H19N3O. The van der Waals surface area contributed by atoms with Gasteiger partial charge in [0.25, 0.3) is 0 Å². The van der Waals surface area contributed by atoms with Crippen molar-refractivity contribution in [3.63, 3.8) is 0 Å². The van der Waals surface area contributed by atoms with E-state index in [2.05, 4.69) is 9.97 Å². The first-order chi connectivity index (χ1) is 7.92. The maximum Gasteiger partial charge on any atom is 0.219 e. The van der Waals surface area contributed by atoms with Crippen LogP contribution in [0.3, 0.4) is 0 Å². The number of aromatic nitrogens is 2. The van der Waals surface area contributed by atoms with Crippen LogP contribution in [0.25, 0.3) is 0 Å². The normalized spacial score (nSPS) is 15.3. The van der Waals surface area contributed by atoms with E-state index in [1.807, 2.05) is 0 Å². The van der Waals surface area contributed by atoms with Crippen LogP contribution in [0.5, 0.6) is 5.88 Å². The number of rotatable bonds is 4. The topological polar surface area (TPSA) is 61.0 Å². The summed E-state index contributed by atoms with van der Waals surface area (Å²) >= 11 is 0. The molecule has 1 aromatic heterocycles. The highest BCUT2D eigenvalue weighted by molar-refractivity contribution is 5.30. The highest BCUT2D eigenvalue weighted by atomic mass is 16.5. The van der Waals surface area contributed by atoms with Gasteiger partial charge < -0.3 is 10.5 Å². The first-order valence-electron chi connectivity index (χ1n) is 6.07. The molecule has 4 nitrogen and oxygen atoms in total. The first kappa shape index (κ1) is 11.3. The van der Waals surface area contributed by atoms with Crippen LogP contribution >= 0.6 is 0 Å². The van der Waals surface area contributed by atoms with E-state index in [0.717, 1.165) is 25.1 Å². The van der Waals surface area contributed by atoms with Gasteiger partial charge in [-0.05, 0) is 38.6 Å². The van der Waals surface area contributed by atoms with Crippen LogP contribution in [-0.4, -0.2) is 23.1 Å². The van der Waals surface area contributed by atoms with Gasteiger partial charge >= 0.3 is 0 Å². The average molecular weight is 221 g/mol. The van der Waals surface area contributed by atoms with Crippen LogP contribution in [0.15, 0.2) is 6.33 Å². The van der Waals surface area contributed by atoms with Crippen LogP contribution in [-0.2, 0) is 12.8 Å². The summed E-state index contributed by atoms with van der Waals surface area (Å²) in [5, 5.41) is 0. The molecule has 0 fully saturated rings. The standard InChI is InChI=1S/C12H19N3O/c13-7-4-8-16-12-10-5-2-1-3-6-11(10)14-9-15-12/h9H,1-8,13H2. The Labute approximate surface area is 96.2 Å². The number of fused-ring (bicyclic) bond motifs is 1. The van der Waals surface area contributed by atoms with Crippen molar-refractivity contribution in [2.24, 2.45) is 5.73 Å². The second-order valence-electron chi connectivity index (χ2n) is 4.16. The molecule has 1 aliphatic rings. The maximum absolute atomic E-state index is 5.67. The fourth-order valence-electron chi connectivity index (χ4n) is 2.04. The van der Waals surface area contributed by atoms with Gasteiger partial charge in [0.1, 0.15) is 6.33 Å². The quantitative estimate of drug-likeness (QED) is 0.618. The van der Waals surface area contributed by atoms with Crippen LogP contribution in [0.1, 0.15) is 36.9 Å². The lowest BCUT2D eigenvalue weighted by atomic mass is 10.1. The molecule has 0 aliphatic heterocycles. The number of hydrogen-bond acceptors (Lipinski definition) is 4. The van der Waals surface area contributed by atoms with Crippen molar-refractivity contribution in [1.29, 1.82) is 0 Å². The van der Waals surface area contributed by atoms with Crippen molar-refractivity contribution in [3.05, 3.63) is 17.6 Å². The molecule has 1 heterocycles. The number of nitrogens with two attached hydrogens (primary N) is 1. The zero-order chi connectivity index (χ0) is 11.2. The minimum Gasteiger partial charge on any atom is -0.477 e. The molecule has 16 heavy (non-hydrogen) atoms. The third kappa shape index (κ3) is 2.70. The van der Waals surface area contributed by atoms with E-state index >= 15 is 0 Å². The summed E-state index contributed by atoms with van der Waals surface area (Å²) in [5.41, 5.74) is 7.84. The van der Waals surface area contributed by atoms with Gasteiger partial charge in [0.2, 0.25) is 5.88 Å². The molecule has 0 saturated carbocycles. The predicted octanol–water partition coefficient (Wildman–Crippen LogP) is 1.47. The number of aryl methyl sites for hydroxylation is 1. The van der Waals surface area contributed by atoms with Crippen LogP contribution < -0.4 is 10.5 Å². The molecule has 0 radical (unpaired) electrons. The molecule has 0 unspecified atom stereocenters. The Morgan fingerprint density at radius 1 is 1.19 bits per heavy atom. The Morgan fingerprint density at radius 2 is 2.06 bits per heavy atom. The van der Waals surface area contributed by atoms with Gasteiger partial charge in [-0.3, -0.25) is 0 Å². The van der Waals surface area contributed by atoms with E-state index in [-0.39, 0.29) is 0 Å². The molecular weight excluding hydrogens is 202 g/mol. The molecule has 4 heteroatoms. The number of hydrogen-bond donors (Lipinski definition) is 1. The van der Waals surface area contributed by atoms with Crippen molar-refractivity contribution in [3.8, 4) is 5.88 Å². The van der Waals surface area contributed by atoms with E-state index in [9.17, 15) is 0 Å². The summed E-state index contributed by atoms with van der Waals surface area (Å²) in [6.07, 6.45) is 8.32. The zero-order valence-corrected chi connectivity index (χ0v) is 9.61. The molecule has 0 amide bonds. The molecule has 0 atom stereocenters. The van der Waals surface area contributed by atoms with Crippen LogP contribution in [0.2, 0.25) is 0 Å². The van der Waals surface area contributed by atoms with Gasteiger partial charge in [-0.2, -0.15) is 0 Å². The Kier molecular flexibility index (Phi) is 4.10. The Hall–Kier alpha value is -1.16. The second kappa shape index (κ2) is 5.80. The van der Waals surface area contributed by atoms with Crippen molar-refractivity contribution in [2.45, 2.75) is 38.5 Å². The van der Waals surface area contributed by atoms with E-state index in [1.165, 1.54) is 30.5 Å². The summed E-state index contributed by atoms with van der Waals surface area (Å²) in [6.45, 7) is 1.31. The minimum atomic E-state index is 0.653. The Bertz CT molecular complexity index is 341. The molecule has 0 bridgehead atoms. The maximum atomic E-state index is 5.67. The highest BCUT2D eigenvalue weighted by Crippen LogP contribution is 2.25. The predicted molar refractivity (Wildman–Crippen MR) is 62.5 cm³/mol. The highest BCUT2D eigenvalue weighted by Gasteiger charge is 2.14. The number of ether oxygens (including phenoxy) is 1. The Balaban J connectivity index is 2.11. The second-order valence-corrected chi connectivity index (χ2v) is 4.16. The molecule has 2 rings (SSSR count). The van der Waals surface area contributed by atoms with Crippen molar-refractivity contribution >= 4 is 0 Å². The zero-order valence-electron chi connectivity index (χ0n) is 9.61. The SMILES string of the molecule is NCCCOc1ncnc2c1CCCCC2. The monoisotopic (exact) mass is 221 g/mol.